The van der Waals surface area contributed by atoms with Crippen molar-refractivity contribution in [2.75, 3.05) is 7.11 Å². The Balaban J connectivity index is 1.64. The predicted molar refractivity (Wildman–Crippen MR) is 110 cm³/mol. The number of halogens is 2. The number of hydrogen-bond donors (Lipinski definition) is 1. The fourth-order valence-corrected chi connectivity index (χ4v) is 3.52. The maximum atomic E-state index is 13.7. The SMILES string of the molecule is COc1ccc(CNC(=O)c2nc(SCc3ccccc3F)ncc2Br)cc1. The molecule has 3 rings (SSSR count). The minimum Gasteiger partial charge on any atom is -0.497 e. The first-order valence-electron chi connectivity index (χ1n) is 8.36. The van der Waals surface area contributed by atoms with Crippen LogP contribution in [0.4, 0.5) is 4.39 Å². The average molecular weight is 462 g/mol. The molecule has 0 spiro atoms. The molecule has 5 nitrogen and oxygen atoms in total. The fraction of sp³-hybridized carbons (Fsp3) is 0.150. The molecular weight excluding hydrogens is 445 g/mol. The van der Waals surface area contributed by atoms with Crippen LogP contribution < -0.4 is 10.1 Å². The van der Waals surface area contributed by atoms with Crippen LogP contribution in [0.25, 0.3) is 0 Å². The van der Waals surface area contributed by atoms with Crippen LogP contribution in [0.1, 0.15) is 21.6 Å². The lowest BCUT2D eigenvalue weighted by molar-refractivity contribution is 0.0944. The molecule has 0 unspecified atom stereocenters. The number of nitrogens with one attached hydrogen (secondary N) is 1. The topological polar surface area (TPSA) is 64.1 Å². The van der Waals surface area contributed by atoms with Crippen LogP contribution in [-0.2, 0) is 12.3 Å². The Bertz CT molecular complexity index is 970. The Labute approximate surface area is 174 Å². The highest BCUT2D eigenvalue weighted by Crippen LogP contribution is 2.23. The maximum Gasteiger partial charge on any atom is 0.271 e. The monoisotopic (exact) mass is 461 g/mol. The smallest absolute Gasteiger partial charge is 0.271 e. The Morgan fingerprint density at radius 1 is 1.21 bits per heavy atom. The largest absolute Gasteiger partial charge is 0.497 e. The van der Waals surface area contributed by atoms with Gasteiger partial charge in [-0.05, 0) is 45.3 Å². The molecule has 1 aromatic heterocycles. The van der Waals surface area contributed by atoms with Gasteiger partial charge in [0.05, 0.1) is 11.6 Å². The summed E-state index contributed by atoms with van der Waals surface area (Å²) in [5.41, 5.74) is 1.73. The molecule has 0 fully saturated rings. The van der Waals surface area contributed by atoms with Crippen molar-refractivity contribution in [1.82, 2.24) is 15.3 Å². The number of rotatable bonds is 7. The van der Waals surface area contributed by atoms with Gasteiger partial charge in [0.25, 0.3) is 5.91 Å². The van der Waals surface area contributed by atoms with Crippen LogP contribution >= 0.6 is 27.7 Å². The van der Waals surface area contributed by atoms with E-state index in [1.807, 2.05) is 24.3 Å². The molecule has 1 amide bonds. The number of carbonyl (C=O) groups is 1. The number of carbonyl (C=O) groups excluding carboxylic acids is 1. The second-order valence-electron chi connectivity index (χ2n) is 5.76. The highest BCUT2D eigenvalue weighted by atomic mass is 79.9. The molecule has 8 heteroatoms. The minimum atomic E-state index is -0.321. The lowest BCUT2D eigenvalue weighted by atomic mass is 10.2. The minimum absolute atomic E-state index is 0.236. The molecule has 3 aromatic rings. The first-order valence-corrected chi connectivity index (χ1v) is 10.1. The fourth-order valence-electron chi connectivity index (χ4n) is 2.35. The van der Waals surface area contributed by atoms with Crippen molar-refractivity contribution in [3.05, 3.63) is 81.8 Å². The van der Waals surface area contributed by atoms with Crippen molar-refractivity contribution in [2.45, 2.75) is 17.5 Å². The van der Waals surface area contributed by atoms with Crippen LogP contribution in [0.15, 0.2) is 64.4 Å². The van der Waals surface area contributed by atoms with Crippen LogP contribution in [0.5, 0.6) is 5.75 Å². The number of nitrogens with zero attached hydrogens (tertiary/aromatic N) is 2. The van der Waals surface area contributed by atoms with Crippen LogP contribution in [-0.4, -0.2) is 23.0 Å². The molecular formula is C20H17BrFN3O2S. The van der Waals surface area contributed by atoms with Gasteiger partial charge in [0.2, 0.25) is 0 Å². The van der Waals surface area contributed by atoms with Crippen molar-refractivity contribution in [3.8, 4) is 5.75 Å². The number of hydrogen-bond acceptors (Lipinski definition) is 5. The van der Waals surface area contributed by atoms with E-state index in [4.69, 9.17) is 4.74 Å². The van der Waals surface area contributed by atoms with Crippen LogP contribution in [0.3, 0.4) is 0 Å². The summed E-state index contributed by atoms with van der Waals surface area (Å²) in [7, 11) is 1.60. The normalized spacial score (nSPS) is 10.5. The van der Waals surface area contributed by atoms with E-state index in [1.54, 1.807) is 25.3 Å². The number of ether oxygens (including phenoxy) is 1. The van der Waals surface area contributed by atoms with E-state index < -0.39 is 0 Å². The molecule has 144 valence electrons. The molecule has 1 heterocycles. The summed E-state index contributed by atoms with van der Waals surface area (Å²) in [5, 5.41) is 3.24. The molecule has 0 saturated heterocycles. The Morgan fingerprint density at radius 2 is 1.96 bits per heavy atom. The van der Waals surface area contributed by atoms with Crippen molar-refractivity contribution >= 4 is 33.6 Å². The summed E-state index contributed by atoms with van der Waals surface area (Å²) in [6.45, 7) is 0.358. The van der Waals surface area contributed by atoms with E-state index in [0.717, 1.165) is 11.3 Å². The zero-order chi connectivity index (χ0) is 19.9. The van der Waals surface area contributed by atoms with Gasteiger partial charge in [-0.25, -0.2) is 14.4 Å². The lowest BCUT2D eigenvalue weighted by Crippen LogP contribution is -2.24. The summed E-state index contributed by atoms with van der Waals surface area (Å²) in [5.74, 6) is 0.536. The van der Waals surface area contributed by atoms with Gasteiger partial charge in [-0.2, -0.15) is 0 Å². The molecule has 0 radical (unpaired) electrons. The second kappa shape index (κ2) is 9.66. The van der Waals surface area contributed by atoms with Gasteiger partial charge < -0.3 is 10.1 Å². The van der Waals surface area contributed by atoms with E-state index >= 15 is 0 Å². The summed E-state index contributed by atoms with van der Waals surface area (Å²) < 4.78 is 19.4. The third-order valence-corrected chi connectivity index (χ3v) is 5.35. The number of aromatic nitrogens is 2. The summed E-state index contributed by atoms with van der Waals surface area (Å²) >= 11 is 4.58. The van der Waals surface area contributed by atoms with Gasteiger partial charge in [0.1, 0.15) is 17.3 Å². The maximum absolute atomic E-state index is 13.7. The molecule has 0 aliphatic heterocycles. The summed E-state index contributed by atoms with van der Waals surface area (Å²) in [4.78, 5) is 21.0. The number of methoxy groups -OCH3 is 1. The highest BCUT2D eigenvalue weighted by Gasteiger charge is 2.14. The molecule has 0 aliphatic rings. The zero-order valence-electron chi connectivity index (χ0n) is 15.0. The zero-order valence-corrected chi connectivity index (χ0v) is 17.4. The summed E-state index contributed by atoms with van der Waals surface area (Å²) in [6, 6.07) is 14.0. The van der Waals surface area contributed by atoms with Crippen LogP contribution in [0, 0.1) is 5.82 Å². The molecule has 0 saturated carbocycles. The average Bonchev–Trinajstić information content (AvgIpc) is 2.72. The first kappa shape index (κ1) is 20.3. The molecule has 0 aliphatic carbocycles. The van der Waals surface area contributed by atoms with E-state index in [1.165, 1.54) is 24.0 Å². The van der Waals surface area contributed by atoms with Gasteiger partial charge in [0.15, 0.2) is 5.16 Å². The number of amides is 1. The Kier molecular flexibility index (Phi) is 7.00. The molecule has 28 heavy (non-hydrogen) atoms. The van der Waals surface area contributed by atoms with Crippen molar-refractivity contribution < 1.29 is 13.9 Å². The number of benzene rings is 2. The molecule has 1 N–H and O–H groups in total. The van der Waals surface area contributed by atoms with E-state index in [2.05, 4.69) is 31.2 Å². The molecule has 0 bridgehead atoms. The van der Waals surface area contributed by atoms with Gasteiger partial charge >= 0.3 is 0 Å². The van der Waals surface area contributed by atoms with Crippen LogP contribution in [0.2, 0.25) is 0 Å². The Morgan fingerprint density at radius 3 is 2.68 bits per heavy atom. The third-order valence-electron chi connectivity index (χ3n) is 3.86. The van der Waals surface area contributed by atoms with E-state index in [-0.39, 0.29) is 17.4 Å². The van der Waals surface area contributed by atoms with Gasteiger partial charge in [-0.3, -0.25) is 4.79 Å². The molecule has 2 aromatic carbocycles. The van der Waals surface area contributed by atoms with Gasteiger partial charge in [-0.1, -0.05) is 42.1 Å². The van der Waals surface area contributed by atoms with Gasteiger partial charge in [0, 0.05) is 18.5 Å². The van der Waals surface area contributed by atoms with Gasteiger partial charge in [-0.15, -0.1) is 0 Å². The van der Waals surface area contributed by atoms with Crippen molar-refractivity contribution in [1.29, 1.82) is 0 Å². The standard InChI is InChI=1S/C20H17BrFN3O2S/c1-27-15-8-6-13(7-9-15)10-23-19(26)18-16(21)11-24-20(25-18)28-12-14-4-2-3-5-17(14)22/h2-9,11H,10,12H2,1H3,(H,23,26). The lowest BCUT2D eigenvalue weighted by Gasteiger charge is -2.08. The predicted octanol–water partition coefficient (Wildman–Crippen LogP) is 4.61. The first-order chi connectivity index (χ1) is 13.6. The van der Waals surface area contributed by atoms with Crippen molar-refractivity contribution in [2.24, 2.45) is 0 Å². The third kappa shape index (κ3) is 5.30. The molecule has 0 atom stereocenters. The van der Waals surface area contributed by atoms with Crippen molar-refractivity contribution in [3.63, 3.8) is 0 Å². The number of thioether (sulfide) groups is 1. The quantitative estimate of drug-likeness (QED) is 0.411. The van der Waals surface area contributed by atoms with E-state index in [0.29, 0.717) is 27.5 Å². The second-order valence-corrected chi connectivity index (χ2v) is 7.56. The Hall–Kier alpha value is -2.45. The summed E-state index contributed by atoms with van der Waals surface area (Å²) in [6.07, 6.45) is 1.53. The highest BCUT2D eigenvalue weighted by molar-refractivity contribution is 9.10. The van der Waals surface area contributed by atoms with E-state index in [9.17, 15) is 9.18 Å².